The Morgan fingerprint density at radius 1 is 1.42 bits per heavy atom. The molecule has 0 unspecified atom stereocenters. The van der Waals surface area contributed by atoms with Crippen LogP contribution in [-0.2, 0) is 11.3 Å². The first-order valence-electron chi connectivity index (χ1n) is 3.28. The maximum atomic E-state index is 10.0. The van der Waals surface area contributed by atoms with E-state index in [4.69, 9.17) is 5.11 Å². The van der Waals surface area contributed by atoms with Gasteiger partial charge in [0.15, 0.2) is 0 Å². The van der Waals surface area contributed by atoms with E-state index in [2.05, 4.69) is 20.7 Å². The van der Waals surface area contributed by atoms with Crippen LogP contribution in [0.2, 0.25) is 0 Å². The van der Waals surface area contributed by atoms with Crippen molar-refractivity contribution in [3.63, 3.8) is 0 Å². The molecule has 0 aromatic heterocycles. The average molecular weight is 231 g/mol. The summed E-state index contributed by atoms with van der Waals surface area (Å²) in [7, 11) is 0. The van der Waals surface area contributed by atoms with Crippen molar-refractivity contribution in [2.45, 2.75) is 6.61 Å². The molecule has 0 aliphatic carbocycles. The Kier molecular flexibility index (Phi) is 3.10. The van der Waals surface area contributed by atoms with Crippen LogP contribution in [0.4, 0.5) is 4.79 Å². The summed E-state index contributed by atoms with van der Waals surface area (Å²) >= 11 is 3.27. The van der Waals surface area contributed by atoms with Gasteiger partial charge < -0.3 is 9.84 Å². The highest BCUT2D eigenvalue weighted by molar-refractivity contribution is 9.10. The summed E-state index contributed by atoms with van der Waals surface area (Å²) < 4.78 is 5.33. The molecule has 4 heteroatoms. The van der Waals surface area contributed by atoms with E-state index in [-0.39, 0.29) is 6.61 Å². The van der Waals surface area contributed by atoms with Gasteiger partial charge in [-0.25, -0.2) is 4.79 Å². The zero-order valence-electron chi connectivity index (χ0n) is 6.16. The molecule has 0 atom stereocenters. The van der Waals surface area contributed by atoms with Crippen LogP contribution in [0.5, 0.6) is 0 Å². The van der Waals surface area contributed by atoms with Gasteiger partial charge in [0.1, 0.15) is 6.61 Å². The quantitative estimate of drug-likeness (QED) is 0.795. The second-order valence-corrected chi connectivity index (χ2v) is 3.10. The SMILES string of the molecule is O=C(O)OCc1ccc(Br)cc1. The number of hydrogen-bond donors (Lipinski definition) is 1. The molecule has 1 aromatic carbocycles. The molecule has 0 heterocycles. The van der Waals surface area contributed by atoms with Gasteiger partial charge in [0, 0.05) is 4.47 Å². The molecular weight excluding hydrogens is 224 g/mol. The molecule has 1 N–H and O–H groups in total. The van der Waals surface area contributed by atoms with Crippen LogP contribution in [0.3, 0.4) is 0 Å². The number of rotatable bonds is 2. The lowest BCUT2D eigenvalue weighted by atomic mass is 10.2. The van der Waals surface area contributed by atoms with Crippen molar-refractivity contribution in [3.8, 4) is 0 Å². The van der Waals surface area contributed by atoms with E-state index in [1.54, 1.807) is 12.1 Å². The van der Waals surface area contributed by atoms with E-state index in [9.17, 15) is 4.79 Å². The minimum atomic E-state index is -1.25. The molecule has 0 spiro atoms. The fourth-order valence-electron chi connectivity index (χ4n) is 0.726. The van der Waals surface area contributed by atoms with Gasteiger partial charge in [-0.15, -0.1) is 0 Å². The summed E-state index contributed by atoms with van der Waals surface area (Å²) in [5, 5.41) is 8.20. The highest BCUT2D eigenvalue weighted by Gasteiger charge is 1.97. The van der Waals surface area contributed by atoms with Crippen LogP contribution in [0.15, 0.2) is 28.7 Å². The molecule has 0 fully saturated rings. The molecule has 0 saturated heterocycles. The second kappa shape index (κ2) is 4.11. The Bertz CT molecular complexity index is 268. The van der Waals surface area contributed by atoms with Gasteiger partial charge >= 0.3 is 6.16 Å². The van der Waals surface area contributed by atoms with Crippen molar-refractivity contribution in [1.29, 1.82) is 0 Å². The topological polar surface area (TPSA) is 46.5 Å². The molecule has 3 nitrogen and oxygen atoms in total. The van der Waals surface area contributed by atoms with Gasteiger partial charge in [-0.3, -0.25) is 0 Å². The van der Waals surface area contributed by atoms with Crippen LogP contribution < -0.4 is 0 Å². The van der Waals surface area contributed by atoms with E-state index >= 15 is 0 Å². The number of hydrogen-bond acceptors (Lipinski definition) is 2. The van der Waals surface area contributed by atoms with Gasteiger partial charge in [0.05, 0.1) is 0 Å². The first-order valence-corrected chi connectivity index (χ1v) is 4.08. The van der Waals surface area contributed by atoms with Crippen LogP contribution in [0, 0.1) is 0 Å². The normalized spacial score (nSPS) is 9.42. The number of benzene rings is 1. The third-order valence-electron chi connectivity index (χ3n) is 1.28. The van der Waals surface area contributed by atoms with Crippen molar-refractivity contribution >= 4 is 22.1 Å². The Labute approximate surface area is 78.1 Å². The van der Waals surface area contributed by atoms with Gasteiger partial charge in [-0.1, -0.05) is 28.1 Å². The molecule has 64 valence electrons. The lowest BCUT2D eigenvalue weighted by Gasteiger charge is -1.99. The molecule has 0 amide bonds. The molecule has 1 aromatic rings. The zero-order valence-corrected chi connectivity index (χ0v) is 7.74. The molecule has 12 heavy (non-hydrogen) atoms. The van der Waals surface area contributed by atoms with Crippen molar-refractivity contribution in [1.82, 2.24) is 0 Å². The van der Waals surface area contributed by atoms with Crippen LogP contribution in [0.25, 0.3) is 0 Å². The van der Waals surface area contributed by atoms with E-state index in [1.165, 1.54) is 0 Å². The average Bonchev–Trinajstić information content (AvgIpc) is 2.03. The molecule has 1 rings (SSSR count). The molecule has 0 radical (unpaired) electrons. The lowest BCUT2D eigenvalue weighted by Crippen LogP contribution is -1.99. The smallest absolute Gasteiger partial charge is 0.450 e. The van der Waals surface area contributed by atoms with Gasteiger partial charge in [-0.05, 0) is 17.7 Å². The van der Waals surface area contributed by atoms with Crippen molar-refractivity contribution in [2.75, 3.05) is 0 Å². The Hall–Kier alpha value is -1.03. The highest BCUT2D eigenvalue weighted by atomic mass is 79.9. The Balaban J connectivity index is 2.53. The van der Waals surface area contributed by atoms with Crippen LogP contribution in [-0.4, -0.2) is 11.3 Å². The Morgan fingerprint density at radius 2 is 2.00 bits per heavy atom. The monoisotopic (exact) mass is 230 g/mol. The third kappa shape index (κ3) is 2.92. The first-order chi connectivity index (χ1) is 5.68. The maximum absolute atomic E-state index is 10.0. The summed E-state index contributed by atoms with van der Waals surface area (Å²) in [6.45, 7) is 0.0998. The maximum Gasteiger partial charge on any atom is 0.506 e. The van der Waals surface area contributed by atoms with Gasteiger partial charge in [-0.2, -0.15) is 0 Å². The van der Waals surface area contributed by atoms with E-state index in [0.717, 1.165) is 10.0 Å². The standard InChI is InChI=1S/C8H7BrO3/c9-7-3-1-6(2-4-7)5-12-8(10)11/h1-4H,5H2,(H,10,11). The minimum absolute atomic E-state index is 0.0998. The minimum Gasteiger partial charge on any atom is -0.450 e. The Morgan fingerprint density at radius 3 is 2.50 bits per heavy atom. The lowest BCUT2D eigenvalue weighted by molar-refractivity contribution is 0.0854. The molecule has 0 saturated carbocycles. The third-order valence-corrected chi connectivity index (χ3v) is 1.80. The van der Waals surface area contributed by atoms with Gasteiger partial charge in [0.25, 0.3) is 0 Å². The number of carbonyl (C=O) groups is 1. The summed E-state index contributed by atoms with van der Waals surface area (Å²) in [4.78, 5) is 10.0. The molecule has 0 bridgehead atoms. The molecule has 0 aliphatic heterocycles. The van der Waals surface area contributed by atoms with Crippen LogP contribution >= 0.6 is 15.9 Å². The fraction of sp³-hybridized carbons (Fsp3) is 0.125. The number of halogens is 1. The highest BCUT2D eigenvalue weighted by Crippen LogP contribution is 2.10. The van der Waals surface area contributed by atoms with E-state index < -0.39 is 6.16 Å². The second-order valence-electron chi connectivity index (χ2n) is 2.18. The summed E-state index contributed by atoms with van der Waals surface area (Å²) in [5.41, 5.74) is 0.834. The largest absolute Gasteiger partial charge is 0.506 e. The van der Waals surface area contributed by atoms with Crippen molar-refractivity contribution < 1.29 is 14.6 Å². The van der Waals surface area contributed by atoms with Gasteiger partial charge in [0.2, 0.25) is 0 Å². The predicted octanol–water partition coefficient (Wildman–Crippen LogP) is 2.64. The van der Waals surface area contributed by atoms with E-state index in [0.29, 0.717) is 0 Å². The first kappa shape index (κ1) is 9.06. The fourth-order valence-corrected chi connectivity index (χ4v) is 0.990. The van der Waals surface area contributed by atoms with Crippen LogP contribution in [0.1, 0.15) is 5.56 Å². The zero-order chi connectivity index (χ0) is 8.97. The van der Waals surface area contributed by atoms with Crippen molar-refractivity contribution in [3.05, 3.63) is 34.3 Å². The van der Waals surface area contributed by atoms with Crippen molar-refractivity contribution in [2.24, 2.45) is 0 Å². The number of ether oxygens (including phenoxy) is 1. The summed E-state index contributed by atoms with van der Waals surface area (Å²) in [6, 6.07) is 7.27. The molecular formula is C8H7BrO3. The number of carboxylic acid groups (broad SMARTS) is 1. The summed E-state index contributed by atoms with van der Waals surface area (Å²) in [6.07, 6.45) is -1.25. The predicted molar refractivity (Wildman–Crippen MR) is 47.0 cm³/mol. The molecule has 0 aliphatic rings. The summed E-state index contributed by atoms with van der Waals surface area (Å²) in [5.74, 6) is 0. The van der Waals surface area contributed by atoms with E-state index in [1.807, 2.05) is 12.1 Å².